The summed E-state index contributed by atoms with van der Waals surface area (Å²) < 4.78 is 87.5. The highest BCUT2D eigenvalue weighted by molar-refractivity contribution is 6.23. The highest BCUT2D eigenvalue weighted by atomic mass is 19.4. The highest BCUT2D eigenvalue weighted by Crippen LogP contribution is 2.57. The van der Waals surface area contributed by atoms with Gasteiger partial charge < -0.3 is 10.2 Å². The van der Waals surface area contributed by atoms with Crippen LogP contribution < -0.4 is 0 Å². The number of hydrogen-bond acceptors (Lipinski definition) is 6. The molecule has 2 N–H and O–H groups in total. The fourth-order valence-corrected chi connectivity index (χ4v) is 4.59. The lowest BCUT2D eigenvalue weighted by atomic mass is 9.71. The number of aliphatic carboxylic acids is 2. The Balaban J connectivity index is 1.96. The zero-order valence-electron chi connectivity index (χ0n) is 18.9. The normalized spacial score (nSPS) is 15.6. The fourth-order valence-electron chi connectivity index (χ4n) is 4.59. The molecule has 0 unspecified atom stereocenters. The van der Waals surface area contributed by atoms with Crippen molar-refractivity contribution in [1.82, 2.24) is 9.80 Å². The molecule has 2 aromatic carbocycles. The predicted molar refractivity (Wildman–Crippen MR) is 112 cm³/mol. The molecule has 0 aromatic heterocycles. The molecule has 16 heteroatoms. The molecule has 0 saturated heterocycles. The molecule has 10 nitrogen and oxygen atoms in total. The summed E-state index contributed by atoms with van der Waals surface area (Å²) in [7, 11) is 0. The van der Waals surface area contributed by atoms with E-state index < -0.39 is 99.8 Å². The third-order valence-electron chi connectivity index (χ3n) is 6.24. The largest absolute Gasteiger partial charge is 0.480 e. The smallest absolute Gasteiger partial charge is 0.411 e. The van der Waals surface area contributed by atoms with E-state index in [1.54, 1.807) is 0 Å². The molecule has 2 aliphatic heterocycles. The molecule has 0 atom stereocenters. The summed E-state index contributed by atoms with van der Waals surface area (Å²) >= 11 is 0. The van der Waals surface area contributed by atoms with E-state index in [9.17, 15) is 55.1 Å². The number of rotatable bonds is 6. The monoisotopic (exact) mass is 558 g/mol. The first kappa shape index (κ1) is 27.3. The van der Waals surface area contributed by atoms with Gasteiger partial charge in [0, 0.05) is 0 Å². The first-order chi connectivity index (χ1) is 17.9. The Morgan fingerprint density at radius 1 is 0.590 bits per heavy atom. The quantitative estimate of drug-likeness (QED) is 0.406. The van der Waals surface area contributed by atoms with Gasteiger partial charge in [-0.15, -0.1) is 0 Å². The van der Waals surface area contributed by atoms with Crippen LogP contribution in [0.5, 0.6) is 0 Å². The number of carboxylic acids is 2. The topological polar surface area (TPSA) is 149 Å². The van der Waals surface area contributed by atoms with Crippen LogP contribution in [-0.2, 0) is 15.0 Å². The van der Waals surface area contributed by atoms with Gasteiger partial charge in [0.15, 0.2) is 0 Å². The van der Waals surface area contributed by atoms with Gasteiger partial charge in [-0.05, 0) is 35.4 Å². The van der Waals surface area contributed by atoms with Gasteiger partial charge >= 0.3 is 24.3 Å². The summed E-state index contributed by atoms with van der Waals surface area (Å²) in [6.07, 6.45) is -12.4. The van der Waals surface area contributed by atoms with Gasteiger partial charge in [0.25, 0.3) is 23.6 Å². The average Bonchev–Trinajstić information content (AvgIpc) is 3.17. The lowest BCUT2D eigenvalue weighted by Crippen LogP contribution is -2.55. The second-order valence-electron chi connectivity index (χ2n) is 8.45. The number of hydrogen-bond donors (Lipinski definition) is 2. The molecule has 4 rings (SSSR count). The number of alkyl halides is 6. The average molecular weight is 558 g/mol. The SMILES string of the molecule is O=C(O)CN1C(=O)c2ccc(C(c3ccc4c(c3)C(=O)N(CC(=O)O)C4=O)(C(F)(F)F)C(F)(F)F)cc2C1=O. The van der Waals surface area contributed by atoms with Gasteiger partial charge in [0.05, 0.1) is 22.3 Å². The van der Waals surface area contributed by atoms with E-state index in [1.807, 2.05) is 0 Å². The van der Waals surface area contributed by atoms with Crippen LogP contribution >= 0.6 is 0 Å². The van der Waals surface area contributed by atoms with E-state index in [1.165, 1.54) is 0 Å². The number of fused-ring (bicyclic) bond motifs is 2. The molecule has 204 valence electrons. The second-order valence-corrected chi connectivity index (χ2v) is 8.45. The van der Waals surface area contributed by atoms with E-state index in [0.29, 0.717) is 24.3 Å². The molecular formula is C23H12F6N2O8. The zero-order valence-corrected chi connectivity index (χ0v) is 18.9. The summed E-state index contributed by atoms with van der Waals surface area (Å²) in [4.78, 5) is 72.0. The summed E-state index contributed by atoms with van der Waals surface area (Å²) in [5.74, 6) is -8.69. The maximum atomic E-state index is 14.6. The molecule has 4 amide bonds. The second kappa shape index (κ2) is 8.64. The molecule has 2 aliphatic rings. The summed E-state index contributed by atoms with van der Waals surface area (Å²) in [5.41, 5.74) is -11.1. The first-order valence-electron chi connectivity index (χ1n) is 10.5. The standard InChI is InChI=1S/C23H12F6N2O8/c24-22(25,26)21(23(27,28)29,9-1-3-11-13(5-9)19(38)30(17(11)36)7-15(32)33)10-2-4-12-14(6-10)20(39)31(18(12)37)8-16(34)35/h1-6H,7-8H2,(H,32,33)(H,34,35). The summed E-state index contributed by atoms with van der Waals surface area (Å²) in [6.45, 7) is -2.39. The maximum Gasteiger partial charge on any atom is 0.411 e. The Bertz CT molecular complexity index is 1380. The van der Waals surface area contributed by atoms with E-state index in [-0.39, 0.29) is 21.9 Å². The number of benzene rings is 2. The van der Waals surface area contributed by atoms with E-state index in [0.717, 1.165) is 0 Å². The van der Waals surface area contributed by atoms with E-state index in [2.05, 4.69) is 0 Å². The highest BCUT2D eigenvalue weighted by Gasteiger charge is 2.73. The molecule has 2 aromatic rings. The number of carboxylic acid groups (broad SMARTS) is 2. The lowest BCUT2D eigenvalue weighted by molar-refractivity contribution is -0.288. The third kappa shape index (κ3) is 3.90. The zero-order chi connectivity index (χ0) is 29.2. The van der Waals surface area contributed by atoms with Crippen molar-refractivity contribution in [3.8, 4) is 0 Å². The fraction of sp³-hybridized carbons (Fsp3) is 0.217. The number of nitrogens with zero attached hydrogens (tertiary/aromatic N) is 2. The van der Waals surface area contributed by atoms with Crippen molar-refractivity contribution in [1.29, 1.82) is 0 Å². The lowest BCUT2D eigenvalue weighted by Gasteiger charge is -2.38. The van der Waals surface area contributed by atoms with Crippen LogP contribution in [0, 0.1) is 0 Å². The molecule has 39 heavy (non-hydrogen) atoms. The number of halogens is 6. The number of imide groups is 2. The minimum Gasteiger partial charge on any atom is -0.480 e. The summed E-state index contributed by atoms with van der Waals surface area (Å²) in [5, 5.41) is 17.8. The van der Waals surface area contributed by atoms with Crippen LogP contribution in [0.25, 0.3) is 0 Å². The third-order valence-corrected chi connectivity index (χ3v) is 6.24. The van der Waals surface area contributed by atoms with Crippen LogP contribution in [0.15, 0.2) is 36.4 Å². The van der Waals surface area contributed by atoms with Crippen molar-refractivity contribution in [3.05, 3.63) is 69.8 Å². The molecule has 0 spiro atoms. The van der Waals surface area contributed by atoms with Crippen LogP contribution in [0.2, 0.25) is 0 Å². The van der Waals surface area contributed by atoms with Crippen molar-refractivity contribution in [3.63, 3.8) is 0 Å². The molecule has 0 bridgehead atoms. The van der Waals surface area contributed by atoms with Crippen LogP contribution in [-0.4, -0.2) is 81.0 Å². The Kier molecular flexibility index (Phi) is 6.04. The van der Waals surface area contributed by atoms with Crippen LogP contribution in [0.3, 0.4) is 0 Å². The van der Waals surface area contributed by atoms with Gasteiger partial charge in [-0.3, -0.25) is 38.6 Å². The van der Waals surface area contributed by atoms with E-state index in [4.69, 9.17) is 10.2 Å². The van der Waals surface area contributed by atoms with Crippen molar-refractivity contribution in [2.45, 2.75) is 17.8 Å². The van der Waals surface area contributed by atoms with Gasteiger partial charge in [-0.25, -0.2) is 0 Å². The van der Waals surface area contributed by atoms with Gasteiger partial charge in [0.1, 0.15) is 13.1 Å². The molecule has 2 heterocycles. The van der Waals surface area contributed by atoms with E-state index >= 15 is 0 Å². The Hall–Kier alpha value is -4.76. The summed E-state index contributed by atoms with van der Waals surface area (Å²) in [6, 6.07) is 1.99. The molecular weight excluding hydrogens is 546 g/mol. The van der Waals surface area contributed by atoms with Crippen molar-refractivity contribution in [2.24, 2.45) is 0 Å². The number of carbonyl (C=O) groups excluding carboxylic acids is 4. The van der Waals surface area contributed by atoms with Gasteiger partial charge in [0.2, 0.25) is 5.41 Å². The number of carbonyl (C=O) groups is 6. The number of amides is 4. The minimum atomic E-state index is -6.19. The van der Waals surface area contributed by atoms with Crippen molar-refractivity contribution >= 4 is 35.6 Å². The molecule has 0 radical (unpaired) electrons. The van der Waals surface area contributed by atoms with Gasteiger partial charge in [-0.2, -0.15) is 26.3 Å². The molecule has 0 fully saturated rings. The van der Waals surface area contributed by atoms with Crippen molar-refractivity contribution < 1.29 is 65.3 Å². The maximum absolute atomic E-state index is 14.6. The van der Waals surface area contributed by atoms with Crippen LogP contribution in [0.1, 0.15) is 52.6 Å². The predicted octanol–water partition coefficient (Wildman–Crippen LogP) is 2.46. The molecule has 0 saturated carbocycles. The Morgan fingerprint density at radius 3 is 1.18 bits per heavy atom. The molecule has 0 aliphatic carbocycles. The van der Waals surface area contributed by atoms with Gasteiger partial charge in [-0.1, -0.05) is 12.1 Å². The van der Waals surface area contributed by atoms with Crippen LogP contribution in [0.4, 0.5) is 26.3 Å². The van der Waals surface area contributed by atoms with Crippen molar-refractivity contribution in [2.75, 3.05) is 13.1 Å². The minimum absolute atomic E-state index is 0.135. The Labute approximate surface area is 212 Å². The Morgan fingerprint density at radius 2 is 0.897 bits per heavy atom. The first-order valence-corrected chi connectivity index (χ1v) is 10.5.